The topological polar surface area (TPSA) is 111 Å². The standard InChI is InChI=1S/C32H29N3O6S/c1-4-39-26-16-21(10-13-25(26)40-17-20-8-6-5-7-9-20)28-27(30(37)31(38)35(28)32-34-33-19(3)42-32)29(36)22-11-12-24-23(15-22)14-18(2)41-24/h5-13,15-16,18,28,36H,4,14,17H2,1-3H3/b29-27+/t18-,28+/m0/s1. The van der Waals surface area contributed by atoms with Gasteiger partial charge in [-0.15, -0.1) is 10.2 Å². The van der Waals surface area contributed by atoms with Crippen LogP contribution in [-0.4, -0.2) is 39.7 Å². The van der Waals surface area contributed by atoms with Crippen LogP contribution in [0.5, 0.6) is 17.2 Å². The number of carbonyl (C=O) groups excluding carboxylic acids is 2. The van der Waals surface area contributed by atoms with Gasteiger partial charge in [-0.25, -0.2) is 0 Å². The predicted molar refractivity (Wildman–Crippen MR) is 158 cm³/mol. The third-order valence-electron chi connectivity index (χ3n) is 7.16. The van der Waals surface area contributed by atoms with Crippen molar-refractivity contribution < 1.29 is 28.9 Å². The summed E-state index contributed by atoms with van der Waals surface area (Å²) in [4.78, 5) is 28.4. The van der Waals surface area contributed by atoms with Crippen LogP contribution in [0.25, 0.3) is 5.76 Å². The van der Waals surface area contributed by atoms with E-state index in [0.29, 0.717) is 47.3 Å². The Kier molecular flexibility index (Phi) is 7.38. The average molecular weight is 584 g/mol. The Hall–Kier alpha value is -4.70. The highest BCUT2D eigenvalue weighted by Crippen LogP contribution is 2.45. The number of anilines is 1. The van der Waals surface area contributed by atoms with Gasteiger partial charge < -0.3 is 19.3 Å². The van der Waals surface area contributed by atoms with Crippen molar-refractivity contribution in [3.63, 3.8) is 0 Å². The lowest BCUT2D eigenvalue weighted by Gasteiger charge is -2.24. The van der Waals surface area contributed by atoms with E-state index < -0.39 is 17.7 Å². The minimum absolute atomic E-state index is 0.0169. The lowest BCUT2D eigenvalue weighted by Crippen LogP contribution is -2.29. The second kappa shape index (κ2) is 11.3. The number of aromatic nitrogens is 2. The number of aliphatic hydroxyl groups is 1. The first-order valence-electron chi connectivity index (χ1n) is 13.7. The predicted octanol–water partition coefficient (Wildman–Crippen LogP) is 5.77. The molecule has 1 N–H and O–H groups in total. The molecule has 0 saturated carbocycles. The summed E-state index contributed by atoms with van der Waals surface area (Å²) >= 11 is 1.19. The highest BCUT2D eigenvalue weighted by atomic mass is 32.1. The number of carbonyl (C=O) groups is 2. The van der Waals surface area contributed by atoms with Gasteiger partial charge in [-0.1, -0.05) is 47.7 Å². The number of ether oxygens (including phenoxy) is 3. The van der Waals surface area contributed by atoms with Crippen LogP contribution < -0.4 is 19.1 Å². The van der Waals surface area contributed by atoms with Crippen LogP contribution in [0.4, 0.5) is 5.13 Å². The molecule has 1 saturated heterocycles. The van der Waals surface area contributed by atoms with Gasteiger partial charge in [0.05, 0.1) is 18.2 Å². The Bertz CT molecular complexity index is 1700. The number of ketones is 1. The van der Waals surface area contributed by atoms with Crippen LogP contribution in [0.2, 0.25) is 0 Å². The van der Waals surface area contributed by atoms with Crippen LogP contribution in [0.1, 0.15) is 47.2 Å². The quantitative estimate of drug-likeness (QED) is 0.158. The number of hydrogen-bond donors (Lipinski definition) is 1. The SMILES string of the molecule is CCOc1cc([C@@H]2/C(=C(\O)c3ccc4c(c3)C[C@H](C)O4)C(=O)C(=O)N2c2nnc(C)s2)ccc1OCc1ccccc1. The van der Waals surface area contributed by atoms with Crippen LogP contribution in [0.3, 0.4) is 0 Å². The van der Waals surface area contributed by atoms with Gasteiger partial charge in [0, 0.05) is 12.0 Å². The molecule has 0 bridgehead atoms. The summed E-state index contributed by atoms with van der Waals surface area (Å²) in [7, 11) is 0. The van der Waals surface area contributed by atoms with Crippen molar-refractivity contribution in [2.24, 2.45) is 0 Å². The Labute approximate surface area is 247 Å². The van der Waals surface area contributed by atoms with Crippen LogP contribution in [-0.2, 0) is 22.6 Å². The molecule has 2 aliphatic heterocycles. The third-order valence-corrected chi connectivity index (χ3v) is 7.99. The fraction of sp³-hybridized carbons (Fsp3) is 0.250. The second-order valence-electron chi connectivity index (χ2n) is 10.1. The second-order valence-corrected chi connectivity index (χ2v) is 11.3. The van der Waals surface area contributed by atoms with E-state index in [2.05, 4.69) is 10.2 Å². The van der Waals surface area contributed by atoms with Crippen LogP contribution >= 0.6 is 11.3 Å². The van der Waals surface area contributed by atoms with E-state index >= 15 is 0 Å². The zero-order valence-corrected chi connectivity index (χ0v) is 24.2. The first-order chi connectivity index (χ1) is 20.3. The molecule has 2 atom stereocenters. The summed E-state index contributed by atoms with van der Waals surface area (Å²) < 4.78 is 17.8. The monoisotopic (exact) mass is 583 g/mol. The molecule has 0 aliphatic carbocycles. The van der Waals surface area contributed by atoms with Gasteiger partial charge in [0.25, 0.3) is 5.78 Å². The molecule has 42 heavy (non-hydrogen) atoms. The molecule has 214 valence electrons. The summed E-state index contributed by atoms with van der Waals surface area (Å²) in [5.74, 6) is -0.162. The fourth-order valence-corrected chi connectivity index (χ4v) is 5.99. The smallest absolute Gasteiger partial charge is 0.301 e. The number of aryl methyl sites for hydroxylation is 1. The highest BCUT2D eigenvalue weighted by Gasteiger charge is 2.48. The number of rotatable bonds is 8. The van der Waals surface area contributed by atoms with E-state index in [9.17, 15) is 14.7 Å². The van der Waals surface area contributed by atoms with E-state index in [-0.39, 0.29) is 22.6 Å². The van der Waals surface area contributed by atoms with Crippen molar-refractivity contribution in [2.75, 3.05) is 11.5 Å². The average Bonchev–Trinajstić information content (AvgIpc) is 3.66. The van der Waals surface area contributed by atoms with E-state index in [4.69, 9.17) is 14.2 Å². The zero-order chi connectivity index (χ0) is 29.4. The van der Waals surface area contributed by atoms with Crippen molar-refractivity contribution >= 4 is 33.9 Å². The number of amides is 1. The van der Waals surface area contributed by atoms with Crippen molar-refractivity contribution in [2.45, 2.75) is 45.9 Å². The number of nitrogens with zero attached hydrogens (tertiary/aromatic N) is 3. The van der Waals surface area contributed by atoms with Gasteiger partial charge >= 0.3 is 5.91 Å². The molecule has 9 nitrogen and oxygen atoms in total. The Balaban J connectivity index is 1.45. The number of hydrogen-bond acceptors (Lipinski definition) is 9. The first kappa shape index (κ1) is 27.5. The molecule has 1 aromatic heterocycles. The van der Waals surface area contributed by atoms with Gasteiger partial charge in [-0.05, 0) is 67.8 Å². The molecule has 2 aliphatic rings. The highest BCUT2D eigenvalue weighted by molar-refractivity contribution is 7.15. The van der Waals surface area contributed by atoms with Gasteiger partial charge in [0.2, 0.25) is 5.13 Å². The molecule has 4 aromatic rings. The van der Waals surface area contributed by atoms with Gasteiger partial charge in [-0.2, -0.15) is 0 Å². The minimum atomic E-state index is -0.969. The first-order valence-corrected chi connectivity index (χ1v) is 14.5. The van der Waals surface area contributed by atoms with Gasteiger partial charge in [0.15, 0.2) is 11.5 Å². The number of aliphatic hydroxyl groups excluding tert-OH is 1. The Morgan fingerprint density at radius 2 is 1.86 bits per heavy atom. The molecule has 0 radical (unpaired) electrons. The van der Waals surface area contributed by atoms with Crippen molar-refractivity contribution in [1.29, 1.82) is 0 Å². The molecule has 1 amide bonds. The fourth-order valence-electron chi connectivity index (χ4n) is 5.27. The van der Waals surface area contributed by atoms with Gasteiger partial charge in [0.1, 0.15) is 29.2 Å². The molecule has 0 unspecified atom stereocenters. The molecule has 3 heterocycles. The number of fused-ring (bicyclic) bond motifs is 1. The summed E-state index contributed by atoms with van der Waals surface area (Å²) in [5.41, 5.74) is 2.86. The van der Waals surface area contributed by atoms with Crippen molar-refractivity contribution in [3.8, 4) is 17.2 Å². The summed E-state index contributed by atoms with van der Waals surface area (Å²) in [6.07, 6.45) is 0.698. The summed E-state index contributed by atoms with van der Waals surface area (Å²) in [5, 5.41) is 20.7. The molecule has 10 heteroatoms. The summed E-state index contributed by atoms with van der Waals surface area (Å²) in [6.45, 7) is 6.31. The van der Waals surface area contributed by atoms with Crippen LogP contribution in [0.15, 0.2) is 72.3 Å². The van der Waals surface area contributed by atoms with Crippen molar-refractivity contribution in [3.05, 3.63) is 99.6 Å². The van der Waals surface area contributed by atoms with E-state index in [0.717, 1.165) is 16.9 Å². The maximum absolute atomic E-state index is 13.6. The third kappa shape index (κ3) is 5.09. The number of Topliss-reactive ketones (excluding diaryl/α,β-unsaturated/α-hetero) is 1. The molecular formula is C32H29N3O6S. The van der Waals surface area contributed by atoms with E-state index in [1.54, 1.807) is 43.3 Å². The largest absolute Gasteiger partial charge is 0.507 e. The molecule has 1 fully saturated rings. The Morgan fingerprint density at radius 1 is 1.05 bits per heavy atom. The van der Waals surface area contributed by atoms with Crippen molar-refractivity contribution in [1.82, 2.24) is 10.2 Å². The maximum atomic E-state index is 13.6. The normalized spacial score (nSPS) is 19.1. The van der Waals surface area contributed by atoms with Crippen LogP contribution in [0, 0.1) is 6.92 Å². The molecular weight excluding hydrogens is 554 g/mol. The lowest BCUT2D eigenvalue weighted by molar-refractivity contribution is -0.132. The molecule has 6 rings (SSSR count). The maximum Gasteiger partial charge on any atom is 0.301 e. The molecule has 3 aromatic carbocycles. The summed E-state index contributed by atoms with van der Waals surface area (Å²) in [6, 6.07) is 19.3. The lowest BCUT2D eigenvalue weighted by atomic mass is 9.94. The Morgan fingerprint density at radius 3 is 2.60 bits per heavy atom. The minimum Gasteiger partial charge on any atom is -0.507 e. The van der Waals surface area contributed by atoms with E-state index in [1.165, 1.54) is 16.2 Å². The van der Waals surface area contributed by atoms with E-state index in [1.807, 2.05) is 44.2 Å². The molecule has 0 spiro atoms. The number of benzene rings is 3. The zero-order valence-electron chi connectivity index (χ0n) is 23.4. The van der Waals surface area contributed by atoms with Gasteiger partial charge in [-0.3, -0.25) is 14.5 Å².